The van der Waals surface area contributed by atoms with Crippen molar-refractivity contribution in [3.63, 3.8) is 0 Å². The summed E-state index contributed by atoms with van der Waals surface area (Å²) in [5.41, 5.74) is 0.272. The molecule has 1 aromatic heterocycles. The standard InChI is InChI=1S/C9H7BF4N.K/c11-8-2-1-3-9-7(8)4-5-15(9)6-10(12,13)14;/h1-5H,6H2;/q-1;+1. The van der Waals surface area contributed by atoms with E-state index in [-0.39, 0.29) is 62.3 Å². The van der Waals surface area contributed by atoms with Gasteiger partial charge in [0, 0.05) is 17.1 Å². The quantitative estimate of drug-likeness (QED) is 0.532. The summed E-state index contributed by atoms with van der Waals surface area (Å²) in [4.78, 5) is 0. The number of halogens is 4. The Labute approximate surface area is 132 Å². The molecule has 7 heteroatoms. The summed E-state index contributed by atoms with van der Waals surface area (Å²) >= 11 is 0. The summed E-state index contributed by atoms with van der Waals surface area (Å²) in [5.74, 6) is -0.499. The van der Waals surface area contributed by atoms with Crippen molar-refractivity contribution in [1.29, 1.82) is 0 Å². The zero-order chi connectivity index (χ0) is 11.1. The molecule has 0 fully saturated rings. The van der Waals surface area contributed by atoms with E-state index >= 15 is 0 Å². The largest absolute Gasteiger partial charge is 1.00 e. The Balaban J connectivity index is 0.00000128. The first-order valence-electron chi connectivity index (χ1n) is 4.42. The maximum absolute atomic E-state index is 13.1. The number of hydrogen-bond donors (Lipinski definition) is 0. The number of nitrogens with zero attached hydrogens (tertiary/aromatic N) is 1. The first kappa shape index (κ1) is 14.2. The van der Waals surface area contributed by atoms with Gasteiger partial charge in [-0.25, -0.2) is 4.39 Å². The van der Waals surface area contributed by atoms with E-state index in [4.69, 9.17) is 0 Å². The third kappa shape index (κ3) is 3.10. The molecule has 1 heterocycles. The first-order chi connectivity index (χ1) is 6.97. The predicted octanol–water partition coefficient (Wildman–Crippen LogP) is 0.171. The van der Waals surface area contributed by atoms with Crippen molar-refractivity contribution in [3.05, 3.63) is 36.3 Å². The van der Waals surface area contributed by atoms with Crippen LogP contribution in [0.25, 0.3) is 10.9 Å². The molecule has 0 bridgehead atoms. The van der Waals surface area contributed by atoms with Crippen molar-refractivity contribution >= 4 is 17.9 Å². The van der Waals surface area contributed by atoms with Crippen molar-refractivity contribution in [2.45, 2.75) is 6.44 Å². The molecular formula is C9H7BF4KN. The fraction of sp³-hybridized carbons (Fsp3) is 0.111. The van der Waals surface area contributed by atoms with E-state index in [1.807, 2.05) is 0 Å². The summed E-state index contributed by atoms with van der Waals surface area (Å²) in [5, 5.41) is 0.220. The average Bonchev–Trinajstić information content (AvgIpc) is 2.48. The fourth-order valence-corrected chi connectivity index (χ4v) is 1.57. The van der Waals surface area contributed by atoms with Gasteiger partial charge in [-0.1, -0.05) is 6.07 Å². The molecule has 2 rings (SSSR count). The van der Waals surface area contributed by atoms with Gasteiger partial charge < -0.3 is 17.5 Å². The Morgan fingerprint density at radius 3 is 2.44 bits per heavy atom. The van der Waals surface area contributed by atoms with Crippen LogP contribution in [0.2, 0.25) is 0 Å². The molecule has 0 aliphatic heterocycles. The van der Waals surface area contributed by atoms with Crippen LogP contribution in [-0.2, 0) is 6.44 Å². The van der Waals surface area contributed by atoms with E-state index < -0.39 is 19.2 Å². The number of aromatic nitrogens is 1. The van der Waals surface area contributed by atoms with Crippen LogP contribution in [0.5, 0.6) is 0 Å². The molecule has 0 saturated heterocycles. The monoisotopic (exact) mass is 255 g/mol. The van der Waals surface area contributed by atoms with Crippen LogP contribution < -0.4 is 51.4 Å². The minimum absolute atomic E-state index is 0. The Hall–Kier alpha value is 0.181. The third-order valence-electron chi connectivity index (χ3n) is 2.16. The molecule has 0 spiro atoms. The molecule has 0 aliphatic rings. The van der Waals surface area contributed by atoms with Gasteiger partial charge in [0.25, 0.3) is 0 Å². The molecule has 16 heavy (non-hydrogen) atoms. The number of fused-ring (bicyclic) bond motifs is 1. The Morgan fingerprint density at radius 2 is 1.81 bits per heavy atom. The van der Waals surface area contributed by atoms with E-state index in [0.29, 0.717) is 0 Å². The first-order valence-corrected chi connectivity index (χ1v) is 4.42. The van der Waals surface area contributed by atoms with E-state index in [9.17, 15) is 17.3 Å². The van der Waals surface area contributed by atoms with Crippen LogP contribution in [0, 0.1) is 5.82 Å². The summed E-state index contributed by atoms with van der Waals surface area (Å²) in [7, 11) is 0. The van der Waals surface area contributed by atoms with Gasteiger partial charge in [-0.15, -0.1) is 0 Å². The summed E-state index contributed by atoms with van der Waals surface area (Å²) in [6.45, 7) is -4.91. The van der Waals surface area contributed by atoms with Crippen LogP contribution in [-0.4, -0.2) is 11.5 Å². The number of benzene rings is 1. The van der Waals surface area contributed by atoms with Gasteiger partial charge in [0.05, 0.1) is 0 Å². The van der Waals surface area contributed by atoms with E-state index in [2.05, 4.69) is 0 Å². The molecule has 2 aromatic rings. The molecule has 1 nitrogen and oxygen atoms in total. The van der Waals surface area contributed by atoms with Gasteiger partial charge in [0.2, 0.25) is 0 Å². The molecule has 0 atom stereocenters. The molecule has 0 aliphatic carbocycles. The second-order valence-electron chi connectivity index (χ2n) is 3.35. The molecule has 80 valence electrons. The molecular weight excluding hydrogens is 248 g/mol. The average molecular weight is 255 g/mol. The smallest absolute Gasteiger partial charge is 0.448 e. The topological polar surface area (TPSA) is 4.93 Å². The van der Waals surface area contributed by atoms with Gasteiger partial charge in [0.1, 0.15) is 5.82 Å². The molecule has 0 saturated carbocycles. The zero-order valence-electron chi connectivity index (χ0n) is 8.63. The number of hydrogen-bond acceptors (Lipinski definition) is 0. The zero-order valence-corrected chi connectivity index (χ0v) is 11.8. The third-order valence-corrected chi connectivity index (χ3v) is 2.16. The van der Waals surface area contributed by atoms with Crippen LogP contribution in [0.3, 0.4) is 0 Å². The summed E-state index contributed by atoms with van der Waals surface area (Å²) < 4.78 is 50.7. The van der Waals surface area contributed by atoms with Crippen LogP contribution >= 0.6 is 0 Å². The van der Waals surface area contributed by atoms with Gasteiger partial charge in [-0.3, -0.25) is 0 Å². The maximum Gasteiger partial charge on any atom is 1.00 e. The SMILES string of the molecule is Fc1cccc2c1ccn2C[B-](F)(F)F.[K+]. The van der Waals surface area contributed by atoms with Gasteiger partial charge >= 0.3 is 58.4 Å². The summed E-state index contributed by atoms with van der Waals surface area (Å²) in [6, 6.07) is 5.45. The second-order valence-corrected chi connectivity index (χ2v) is 3.35. The Kier molecular flexibility index (Phi) is 4.65. The van der Waals surface area contributed by atoms with E-state index in [1.54, 1.807) is 0 Å². The van der Waals surface area contributed by atoms with Crippen molar-refractivity contribution < 1.29 is 68.7 Å². The van der Waals surface area contributed by atoms with Crippen LogP contribution in [0.4, 0.5) is 17.3 Å². The maximum atomic E-state index is 13.1. The normalized spacial score (nSPS) is 11.5. The molecule has 0 amide bonds. The van der Waals surface area contributed by atoms with Gasteiger partial charge in [-0.05, 0) is 24.6 Å². The van der Waals surface area contributed by atoms with Gasteiger partial charge in [0.15, 0.2) is 0 Å². The van der Waals surface area contributed by atoms with Crippen LogP contribution in [0.15, 0.2) is 30.5 Å². The number of rotatable bonds is 2. The summed E-state index contributed by atoms with van der Waals surface area (Å²) in [6.07, 6.45) is 0.218. The Bertz CT molecular complexity index is 494. The van der Waals surface area contributed by atoms with Crippen molar-refractivity contribution in [3.8, 4) is 0 Å². The Morgan fingerprint density at radius 1 is 1.12 bits per heavy atom. The fourth-order valence-electron chi connectivity index (χ4n) is 1.57. The molecule has 1 aromatic carbocycles. The van der Waals surface area contributed by atoms with Crippen molar-refractivity contribution in [2.75, 3.05) is 0 Å². The van der Waals surface area contributed by atoms with Crippen molar-refractivity contribution in [2.24, 2.45) is 0 Å². The minimum Gasteiger partial charge on any atom is -0.448 e. The second kappa shape index (κ2) is 5.22. The van der Waals surface area contributed by atoms with E-state index in [1.165, 1.54) is 30.5 Å². The van der Waals surface area contributed by atoms with Crippen LogP contribution in [0.1, 0.15) is 0 Å². The predicted molar refractivity (Wildman–Crippen MR) is 51.0 cm³/mol. The molecule has 0 N–H and O–H groups in total. The van der Waals surface area contributed by atoms with Crippen molar-refractivity contribution in [1.82, 2.24) is 4.57 Å². The van der Waals surface area contributed by atoms with E-state index in [0.717, 1.165) is 4.57 Å². The van der Waals surface area contributed by atoms with Gasteiger partial charge in [-0.2, -0.15) is 0 Å². The molecule has 0 unspecified atom stereocenters. The minimum atomic E-state index is -4.91. The molecule has 0 radical (unpaired) electrons.